The number of amides is 1. The molecule has 1 aromatic carbocycles. The van der Waals surface area contributed by atoms with E-state index < -0.39 is 12.0 Å². The number of nitrogens with zero attached hydrogens (tertiary/aromatic N) is 1. The van der Waals surface area contributed by atoms with Gasteiger partial charge in [0, 0.05) is 18.4 Å². The fraction of sp³-hybridized carbons (Fsp3) is 0.389. The topological polar surface area (TPSA) is 92.4 Å². The average molecular weight is 330 g/mol. The predicted octanol–water partition coefficient (Wildman–Crippen LogP) is 2.95. The van der Waals surface area contributed by atoms with Crippen molar-refractivity contribution in [3.05, 3.63) is 41.9 Å². The summed E-state index contributed by atoms with van der Waals surface area (Å²) in [5.41, 5.74) is 2.09. The minimum Gasteiger partial charge on any atom is -0.480 e. The van der Waals surface area contributed by atoms with Gasteiger partial charge in [-0.15, -0.1) is 0 Å². The fourth-order valence-corrected chi connectivity index (χ4v) is 2.31. The largest absolute Gasteiger partial charge is 0.480 e. The molecule has 1 amide bonds. The summed E-state index contributed by atoms with van der Waals surface area (Å²) < 4.78 is 5.65. The second-order valence-corrected chi connectivity index (χ2v) is 5.73. The minimum absolute atomic E-state index is 0.140. The lowest BCUT2D eigenvalue weighted by atomic mass is 10.1. The van der Waals surface area contributed by atoms with Gasteiger partial charge >= 0.3 is 5.97 Å². The first-order chi connectivity index (χ1) is 11.5. The maximum atomic E-state index is 11.9. The van der Waals surface area contributed by atoms with E-state index in [1.807, 2.05) is 38.1 Å². The minimum atomic E-state index is -1.01. The Morgan fingerprint density at radius 3 is 2.62 bits per heavy atom. The lowest BCUT2D eigenvalue weighted by Gasteiger charge is -2.12. The summed E-state index contributed by atoms with van der Waals surface area (Å²) in [6.07, 6.45) is 3.21. The number of hydrogen-bond acceptors (Lipinski definition) is 4. The average Bonchev–Trinajstić information content (AvgIpc) is 3.02. The van der Waals surface area contributed by atoms with Crippen LogP contribution in [0.3, 0.4) is 0 Å². The van der Waals surface area contributed by atoms with Crippen molar-refractivity contribution in [2.45, 2.75) is 45.6 Å². The molecule has 1 aromatic heterocycles. The molecule has 1 unspecified atom stereocenters. The molecule has 0 saturated heterocycles. The molecule has 0 saturated carbocycles. The van der Waals surface area contributed by atoms with E-state index in [4.69, 9.17) is 9.52 Å². The number of aromatic nitrogens is 1. The van der Waals surface area contributed by atoms with Gasteiger partial charge in [-0.1, -0.05) is 43.2 Å². The van der Waals surface area contributed by atoms with E-state index in [1.54, 1.807) is 6.20 Å². The Kier molecular flexibility index (Phi) is 6.12. The Morgan fingerprint density at radius 1 is 1.29 bits per heavy atom. The van der Waals surface area contributed by atoms with Crippen molar-refractivity contribution < 1.29 is 19.1 Å². The Balaban J connectivity index is 1.89. The molecule has 0 aliphatic rings. The van der Waals surface area contributed by atoms with Crippen molar-refractivity contribution in [2.75, 3.05) is 0 Å². The molecule has 0 aliphatic heterocycles. The van der Waals surface area contributed by atoms with Gasteiger partial charge in [-0.2, -0.15) is 0 Å². The number of carbonyl (C=O) groups excluding carboxylic acids is 1. The van der Waals surface area contributed by atoms with Gasteiger partial charge in [-0.25, -0.2) is 9.78 Å². The third kappa shape index (κ3) is 4.94. The van der Waals surface area contributed by atoms with Crippen molar-refractivity contribution >= 4 is 11.9 Å². The van der Waals surface area contributed by atoms with Crippen LogP contribution in [-0.2, 0) is 16.0 Å². The number of carboxylic acid groups (broad SMARTS) is 1. The van der Waals surface area contributed by atoms with Gasteiger partial charge in [0.1, 0.15) is 6.04 Å². The molecule has 2 N–H and O–H groups in total. The van der Waals surface area contributed by atoms with Crippen LogP contribution < -0.4 is 5.32 Å². The van der Waals surface area contributed by atoms with Crippen molar-refractivity contribution in [3.8, 4) is 11.3 Å². The molecule has 1 heterocycles. The standard InChI is InChI=1S/C18H22N2O4/c1-3-4-14(18(22)23)20-16(21)9-10-17-19-11-15(24-17)13-7-5-12(2)6-8-13/h5-8,11,14H,3-4,9-10H2,1-2H3,(H,20,21)(H,22,23). The smallest absolute Gasteiger partial charge is 0.326 e. The van der Waals surface area contributed by atoms with E-state index in [-0.39, 0.29) is 12.3 Å². The zero-order valence-electron chi connectivity index (χ0n) is 13.9. The van der Waals surface area contributed by atoms with Crippen molar-refractivity contribution in [1.82, 2.24) is 10.3 Å². The van der Waals surface area contributed by atoms with E-state index >= 15 is 0 Å². The normalized spacial score (nSPS) is 11.9. The highest BCUT2D eigenvalue weighted by Gasteiger charge is 2.19. The van der Waals surface area contributed by atoms with Crippen LogP contribution in [-0.4, -0.2) is 28.0 Å². The van der Waals surface area contributed by atoms with E-state index in [0.29, 0.717) is 30.9 Å². The maximum Gasteiger partial charge on any atom is 0.326 e. The van der Waals surface area contributed by atoms with Crippen LogP contribution in [0.1, 0.15) is 37.6 Å². The molecule has 0 radical (unpaired) electrons. The van der Waals surface area contributed by atoms with E-state index in [1.165, 1.54) is 0 Å². The third-order valence-electron chi connectivity index (χ3n) is 3.67. The van der Waals surface area contributed by atoms with Gasteiger partial charge in [-0.3, -0.25) is 4.79 Å². The van der Waals surface area contributed by atoms with Crippen LogP contribution in [0.2, 0.25) is 0 Å². The van der Waals surface area contributed by atoms with Crippen molar-refractivity contribution in [2.24, 2.45) is 0 Å². The summed E-state index contributed by atoms with van der Waals surface area (Å²) in [7, 11) is 0. The Hall–Kier alpha value is -2.63. The second-order valence-electron chi connectivity index (χ2n) is 5.73. The predicted molar refractivity (Wildman–Crippen MR) is 89.5 cm³/mol. The third-order valence-corrected chi connectivity index (χ3v) is 3.67. The van der Waals surface area contributed by atoms with Gasteiger partial charge < -0.3 is 14.8 Å². The molecule has 1 atom stereocenters. The SMILES string of the molecule is CCCC(NC(=O)CCc1ncc(-c2ccc(C)cc2)o1)C(=O)O. The summed E-state index contributed by atoms with van der Waals surface area (Å²) in [6.45, 7) is 3.89. The Labute approximate surface area is 140 Å². The monoisotopic (exact) mass is 330 g/mol. The summed E-state index contributed by atoms with van der Waals surface area (Å²) in [5, 5.41) is 11.6. The maximum absolute atomic E-state index is 11.9. The Bertz CT molecular complexity index is 691. The van der Waals surface area contributed by atoms with Crippen LogP contribution in [0, 0.1) is 6.92 Å². The van der Waals surface area contributed by atoms with Gasteiger partial charge in [0.05, 0.1) is 6.20 Å². The molecule has 6 nitrogen and oxygen atoms in total. The summed E-state index contributed by atoms with van der Waals surface area (Å²) >= 11 is 0. The number of benzene rings is 1. The number of carbonyl (C=O) groups is 2. The molecule has 2 aromatic rings. The molecule has 0 fully saturated rings. The molecular formula is C18H22N2O4. The highest BCUT2D eigenvalue weighted by molar-refractivity contribution is 5.83. The van der Waals surface area contributed by atoms with Crippen molar-refractivity contribution in [1.29, 1.82) is 0 Å². The van der Waals surface area contributed by atoms with E-state index in [9.17, 15) is 9.59 Å². The van der Waals surface area contributed by atoms with E-state index in [2.05, 4.69) is 10.3 Å². The lowest BCUT2D eigenvalue weighted by Crippen LogP contribution is -2.40. The zero-order valence-corrected chi connectivity index (χ0v) is 13.9. The number of carboxylic acids is 1. The number of aliphatic carboxylic acids is 1. The number of aryl methyl sites for hydroxylation is 2. The lowest BCUT2D eigenvalue weighted by molar-refractivity contribution is -0.142. The van der Waals surface area contributed by atoms with E-state index in [0.717, 1.165) is 11.1 Å². The van der Waals surface area contributed by atoms with Crippen LogP contribution in [0.5, 0.6) is 0 Å². The number of oxazole rings is 1. The van der Waals surface area contributed by atoms with Crippen LogP contribution in [0.4, 0.5) is 0 Å². The first-order valence-corrected chi connectivity index (χ1v) is 8.03. The Morgan fingerprint density at radius 2 is 2.00 bits per heavy atom. The molecule has 0 aliphatic carbocycles. The van der Waals surface area contributed by atoms with Gasteiger partial charge in [-0.05, 0) is 13.3 Å². The molecule has 24 heavy (non-hydrogen) atoms. The van der Waals surface area contributed by atoms with Gasteiger partial charge in [0.15, 0.2) is 11.7 Å². The number of rotatable bonds is 8. The highest BCUT2D eigenvalue weighted by Crippen LogP contribution is 2.21. The summed E-state index contributed by atoms with van der Waals surface area (Å²) in [4.78, 5) is 27.1. The first-order valence-electron chi connectivity index (χ1n) is 8.03. The van der Waals surface area contributed by atoms with Crippen LogP contribution in [0.15, 0.2) is 34.9 Å². The zero-order chi connectivity index (χ0) is 17.5. The van der Waals surface area contributed by atoms with Crippen LogP contribution in [0.25, 0.3) is 11.3 Å². The van der Waals surface area contributed by atoms with Gasteiger partial charge in [0.2, 0.25) is 5.91 Å². The molecule has 6 heteroatoms. The van der Waals surface area contributed by atoms with Crippen molar-refractivity contribution in [3.63, 3.8) is 0 Å². The number of hydrogen-bond donors (Lipinski definition) is 2. The summed E-state index contributed by atoms with van der Waals surface area (Å²) in [6, 6.07) is 7.05. The molecule has 2 rings (SSSR count). The first kappa shape index (κ1) is 17.7. The highest BCUT2D eigenvalue weighted by atomic mass is 16.4. The molecule has 128 valence electrons. The van der Waals surface area contributed by atoms with Crippen LogP contribution >= 0.6 is 0 Å². The molecule has 0 spiro atoms. The fourth-order valence-electron chi connectivity index (χ4n) is 2.31. The molecule has 0 bridgehead atoms. The van der Waals surface area contributed by atoms with Gasteiger partial charge in [0.25, 0.3) is 0 Å². The second kappa shape index (κ2) is 8.29. The molecular weight excluding hydrogens is 308 g/mol. The quantitative estimate of drug-likeness (QED) is 0.776. The summed E-state index contributed by atoms with van der Waals surface area (Å²) in [5.74, 6) is -0.211. The number of nitrogens with one attached hydrogen (secondary N) is 1.